The first-order chi connectivity index (χ1) is 8.77. The monoisotopic (exact) mass is 266 g/mol. The summed E-state index contributed by atoms with van der Waals surface area (Å²) < 4.78 is 11.1. The van der Waals surface area contributed by atoms with Gasteiger partial charge >= 0.3 is 5.97 Å². The second-order valence-electron chi connectivity index (χ2n) is 7.13. The molecule has 2 rings (SSSR count). The van der Waals surface area contributed by atoms with Gasteiger partial charge in [0.2, 0.25) is 0 Å². The maximum Gasteiger partial charge on any atom is 0.330 e. The van der Waals surface area contributed by atoms with Crippen LogP contribution < -0.4 is 0 Å². The van der Waals surface area contributed by atoms with Crippen molar-refractivity contribution in [2.45, 2.75) is 71.0 Å². The van der Waals surface area contributed by atoms with Crippen molar-refractivity contribution in [2.24, 2.45) is 5.41 Å². The lowest BCUT2D eigenvalue weighted by Crippen LogP contribution is -2.33. The van der Waals surface area contributed by atoms with E-state index >= 15 is 0 Å². The Hall–Kier alpha value is -0.830. The molecule has 19 heavy (non-hydrogen) atoms. The van der Waals surface area contributed by atoms with Gasteiger partial charge in [0.05, 0.1) is 6.61 Å². The average Bonchev–Trinajstić information content (AvgIpc) is 3.06. The molecule has 0 unspecified atom stereocenters. The Kier molecular flexibility index (Phi) is 3.78. The Labute approximate surface area is 116 Å². The largest absolute Gasteiger partial charge is 0.457 e. The van der Waals surface area contributed by atoms with E-state index in [0.717, 1.165) is 19.4 Å². The van der Waals surface area contributed by atoms with Gasteiger partial charge in [-0.15, -0.1) is 0 Å². The van der Waals surface area contributed by atoms with E-state index in [1.165, 1.54) is 19.3 Å². The molecular weight excluding hydrogens is 240 g/mol. The molecule has 108 valence electrons. The van der Waals surface area contributed by atoms with Crippen molar-refractivity contribution in [1.82, 2.24) is 0 Å². The highest BCUT2D eigenvalue weighted by molar-refractivity contribution is 5.82. The van der Waals surface area contributed by atoms with Crippen molar-refractivity contribution in [3.8, 4) is 0 Å². The molecule has 0 N–H and O–H groups in total. The van der Waals surface area contributed by atoms with E-state index in [9.17, 15) is 4.79 Å². The summed E-state index contributed by atoms with van der Waals surface area (Å²) in [5.41, 5.74) is -0.470. The van der Waals surface area contributed by atoms with Gasteiger partial charge in [-0.3, -0.25) is 0 Å². The first-order valence-electron chi connectivity index (χ1n) is 7.33. The van der Waals surface area contributed by atoms with Gasteiger partial charge in [0.25, 0.3) is 0 Å². The Bertz CT molecular complexity index is 374. The number of esters is 1. The van der Waals surface area contributed by atoms with E-state index in [4.69, 9.17) is 9.47 Å². The average molecular weight is 266 g/mol. The molecule has 2 fully saturated rings. The Morgan fingerprint density at radius 2 is 1.84 bits per heavy atom. The molecule has 0 radical (unpaired) electrons. The van der Waals surface area contributed by atoms with Gasteiger partial charge in [0.1, 0.15) is 11.2 Å². The summed E-state index contributed by atoms with van der Waals surface area (Å²) in [7, 11) is 0. The minimum absolute atomic E-state index is 0.0119. The second kappa shape index (κ2) is 4.93. The molecule has 2 atom stereocenters. The molecule has 0 bridgehead atoms. The number of hydrogen-bond acceptors (Lipinski definition) is 3. The minimum atomic E-state index is -0.431. The second-order valence-corrected chi connectivity index (χ2v) is 7.13. The third-order valence-electron chi connectivity index (χ3n) is 4.30. The minimum Gasteiger partial charge on any atom is -0.457 e. The molecule has 0 aromatic heterocycles. The van der Waals surface area contributed by atoms with Gasteiger partial charge in [-0.1, -0.05) is 32.3 Å². The molecule has 1 saturated heterocycles. The van der Waals surface area contributed by atoms with Crippen LogP contribution in [-0.2, 0) is 14.3 Å². The highest BCUT2D eigenvalue weighted by Gasteiger charge is 2.57. The fourth-order valence-corrected chi connectivity index (χ4v) is 2.98. The van der Waals surface area contributed by atoms with E-state index in [1.54, 1.807) is 6.08 Å². The third-order valence-corrected chi connectivity index (χ3v) is 4.30. The van der Waals surface area contributed by atoms with E-state index in [-0.39, 0.29) is 17.0 Å². The van der Waals surface area contributed by atoms with Crippen molar-refractivity contribution in [3.63, 3.8) is 0 Å². The van der Waals surface area contributed by atoms with Crippen LogP contribution >= 0.6 is 0 Å². The molecule has 0 amide bonds. The number of carbonyl (C=O) groups excluding carboxylic acids is 1. The molecule has 1 aliphatic carbocycles. The standard InChI is InChI=1S/C16H26O3/c1-14(2,3)19-13(17)8-11-15(4)9-6-5-7-10-16(15)12-18-16/h8,11H,5-7,9-10,12H2,1-4H3/b11-8+/t15-,16+/m0/s1. The molecule has 1 saturated carbocycles. The van der Waals surface area contributed by atoms with Crippen LogP contribution in [0.5, 0.6) is 0 Å². The number of hydrogen-bond donors (Lipinski definition) is 0. The molecule has 3 heteroatoms. The third kappa shape index (κ3) is 3.38. The maximum atomic E-state index is 11.8. The zero-order chi connectivity index (χ0) is 14.1. The quantitative estimate of drug-likeness (QED) is 0.435. The van der Waals surface area contributed by atoms with Crippen LogP contribution in [0.15, 0.2) is 12.2 Å². The summed E-state index contributed by atoms with van der Waals surface area (Å²) in [6, 6.07) is 0. The highest BCUT2D eigenvalue weighted by atomic mass is 16.6. The molecular formula is C16H26O3. The Morgan fingerprint density at radius 1 is 1.21 bits per heavy atom. The summed E-state index contributed by atoms with van der Waals surface area (Å²) in [4.78, 5) is 11.8. The van der Waals surface area contributed by atoms with Gasteiger partial charge in [-0.25, -0.2) is 4.79 Å². The molecule has 3 nitrogen and oxygen atoms in total. The number of carbonyl (C=O) groups is 1. The number of epoxide rings is 1. The van der Waals surface area contributed by atoms with Crippen LogP contribution in [0.4, 0.5) is 0 Å². The van der Waals surface area contributed by atoms with Crippen LogP contribution in [0.2, 0.25) is 0 Å². The molecule has 2 aliphatic rings. The topological polar surface area (TPSA) is 38.8 Å². The summed E-state index contributed by atoms with van der Waals surface area (Å²) in [6.45, 7) is 8.71. The van der Waals surface area contributed by atoms with Crippen molar-refractivity contribution in [1.29, 1.82) is 0 Å². The van der Waals surface area contributed by atoms with Gasteiger partial charge in [0.15, 0.2) is 0 Å². The zero-order valence-electron chi connectivity index (χ0n) is 12.6. The van der Waals surface area contributed by atoms with Gasteiger partial charge in [-0.2, -0.15) is 0 Å². The highest BCUT2D eigenvalue weighted by Crippen LogP contribution is 2.53. The molecule has 0 aromatic rings. The molecule has 1 aliphatic heterocycles. The number of rotatable bonds is 2. The summed E-state index contributed by atoms with van der Waals surface area (Å²) in [5, 5.41) is 0. The van der Waals surface area contributed by atoms with E-state index < -0.39 is 5.60 Å². The first-order valence-corrected chi connectivity index (χ1v) is 7.33. The van der Waals surface area contributed by atoms with E-state index in [0.29, 0.717) is 0 Å². The first kappa shape index (κ1) is 14.6. The van der Waals surface area contributed by atoms with Crippen LogP contribution in [-0.4, -0.2) is 23.8 Å². The molecule has 1 heterocycles. The van der Waals surface area contributed by atoms with Crippen molar-refractivity contribution in [3.05, 3.63) is 12.2 Å². The van der Waals surface area contributed by atoms with Gasteiger partial charge in [-0.05, 0) is 33.6 Å². The summed E-state index contributed by atoms with van der Waals surface area (Å²) in [5.74, 6) is -0.256. The predicted octanol–water partition coefficient (Wildman–Crippen LogP) is 3.62. The SMILES string of the molecule is CC(C)(C)OC(=O)/C=C/[C@]1(C)CCCCC[C@@]12CO2. The summed E-state index contributed by atoms with van der Waals surface area (Å²) in [6.07, 6.45) is 9.53. The maximum absolute atomic E-state index is 11.8. The lowest BCUT2D eigenvalue weighted by atomic mass is 9.73. The predicted molar refractivity (Wildman–Crippen MR) is 74.9 cm³/mol. The van der Waals surface area contributed by atoms with E-state index in [2.05, 4.69) is 6.92 Å². The number of ether oxygens (including phenoxy) is 2. The Balaban J connectivity index is 2.05. The molecule has 0 aromatic carbocycles. The normalized spacial score (nSPS) is 35.4. The van der Waals surface area contributed by atoms with Gasteiger partial charge in [0, 0.05) is 11.5 Å². The fraction of sp³-hybridized carbons (Fsp3) is 0.812. The lowest BCUT2D eigenvalue weighted by Gasteiger charge is -2.31. The van der Waals surface area contributed by atoms with Crippen LogP contribution in [0.25, 0.3) is 0 Å². The van der Waals surface area contributed by atoms with Crippen LogP contribution in [0.1, 0.15) is 59.8 Å². The zero-order valence-corrected chi connectivity index (χ0v) is 12.6. The lowest BCUT2D eigenvalue weighted by molar-refractivity contribution is -0.148. The Morgan fingerprint density at radius 3 is 2.42 bits per heavy atom. The smallest absolute Gasteiger partial charge is 0.330 e. The van der Waals surface area contributed by atoms with Crippen molar-refractivity contribution in [2.75, 3.05) is 6.61 Å². The van der Waals surface area contributed by atoms with Gasteiger partial charge < -0.3 is 9.47 Å². The molecule has 1 spiro atoms. The van der Waals surface area contributed by atoms with Crippen LogP contribution in [0, 0.1) is 5.41 Å². The van der Waals surface area contributed by atoms with Crippen LogP contribution in [0.3, 0.4) is 0 Å². The van der Waals surface area contributed by atoms with Crippen molar-refractivity contribution >= 4 is 5.97 Å². The van der Waals surface area contributed by atoms with Crippen molar-refractivity contribution < 1.29 is 14.3 Å². The van der Waals surface area contributed by atoms with E-state index in [1.807, 2.05) is 26.8 Å². The summed E-state index contributed by atoms with van der Waals surface area (Å²) >= 11 is 0. The fourth-order valence-electron chi connectivity index (χ4n) is 2.98.